The minimum atomic E-state index is -0.0484. The zero-order chi connectivity index (χ0) is 42.0. The Morgan fingerprint density at radius 1 is 0.412 bits per heavy atom. The molecule has 7 aromatic rings. The number of benzene rings is 1. The van der Waals surface area contributed by atoms with Crippen LogP contribution in [0.1, 0.15) is 89.9 Å². The number of fused-ring (bicyclic) bond motifs is 16. The van der Waals surface area contributed by atoms with Gasteiger partial charge in [0.15, 0.2) is 0 Å². The molecule has 4 aliphatic rings. The number of hydrogen-bond acceptors (Lipinski definition) is 4. The monoisotopic (exact) mass is 1100 g/mol. The molecule has 0 unspecified atom stereocenters. The molecule has 11 rings (SSSR count). The Bertz CT molecular complexity index is 3300. The summed E-state index contributed by atoms with van der Waals surface area (Å²) in [5.41, 5.74) is 21.2. The third-order valence-electron chi connectivity index (χ3n) is 11.7. The Hall–Kier alpha value is -4.57. The van der Waals surface area contributed by atoms with Crippen LogP contribution < -0.4 is 19.9 Å². The van der Waals surface area contributed by atoms with Gasteiger partial charge in [-0.25, -0.2) is 9.97 Å². The van der Waals surface area contributed by atoms with Crippen LogP contribution in [0.4, 0.5) is 0 Å². The fourth-order valence-electron chi connectivity index (χ4n) is 8.85. The number of aryl methyl sites for hydroxylation is 3. The first-order chi connectivity index (χ1) is 29.3. The SMILES string of the molecule is CC1(C)Cc2cc3ccc(cc4nc(cc5ccc(cc1n2)[n-]5)C=C4)[n-]3.Cc1cc(C)c(-c2c3nc(cc4ccc(cc5nc(cc6ccc2[n-]6)CC5(C)C)[n-]4)C=C3)c(C)c1.[CH3-].[CH3-].[CH3-].[Zn+2].[Zn+2].[Zn+2].[Zn]. The van der Waals surface area contributed by atoms with Crippen LogP contribution in [0.15, 0.2) is 103 Å². The van der Waals surface area contributed by atoms with E-state index in [4.69, 9.17) is 29.9 Å². The van der Waals surface area contributed by atoms with Gasteiger partial charge < -0.3 is 42.2 Å². The summed E-state index contributed by atoms with van der Waals surface area (Å²) in [6.45, 7) is 15.4. The van der Waals surface area contributed by atoms with Crippen molar-refractivity contribution in [2.45, 2.75) is 72.1 Å². The van der Waals surface area contributed by atoms with Gasteiger partial charge in [0.2, 0.25) is 0 Å². The van der Waals surface area contributed by atoms with Crippen LogP contribution >= 0.6 is 0 Å². The normalized spacial score (nSPS) is 13.3. The van der Waals surface area contributed by atoms with Crippen LogP contribution in [0.5, 0.6) is 0 Å². The van der Waals surface area contributed by atoms with E-state index in [1.807, 2.05) is 60.7 Å². The van der Waals surface area contributed by atoms with Gasteiger partial charge in [0, 0.05) is 65.9 Å². The molecule has 12 heteroatoms. The Kier molecular flexibility index (Phi) is 19.4. The van der Waals surface area contributed by atoms with Crippen molar-refractivity contribution in [3.8, 4) is 11.1 Å². The largest absolute Gasteiger partial charge is 2.00 e. The standard InChI is InChI=1S/C31H28N4.C22H18N4.3CH3.4Zn/c1-18-12-19(2)29(20(3)13-18)30-26-10-8-22(33-26)14-21-6-7-24(32-21)16-28-31(4,5)17-25(35-28)15-23-9-11-27(30)34-23;1-22(2)13-20-11-18-6-5-16(24-18)9-14-3-4-15(23-14)10-17-7-8-19(25-17)12-21(22)26-20;;;;;;;/h6-16H,17H2,1-5H3;3-12H,13H2,1-2H3;3*1H3;;;;/q2*-2;3*-1;;3*+2. The maximum absolute atomic E-state index is 5.06. The first kappa shape index (κ1) is 57.8. The smallest absolute Gasteiger partial charge is 0.658 e. The second-order valence-electron chi connectivity index (χ2n) is 17.9. The second kappa shape index (κ2) is 22.9. The van der Waals surface area contributed by atoms with Gasteiger partial charge in [-0.05, 0) is 67.3 Å². The van der Waals surface area contributed by atoms with Crippen LogP contribution in [0.25, 0.3) is 79.6 Å². The van der Waals surface area contributed by atoms with E-state index < -0.39 is 0 Å². The Morgan fingerprint density at radius 2 is 0.779 bits per heavy atom. The third-order valence-corrected chi connectivity index (χ3v) is 11.7. The first-order valence-corrected chi connectivity index (χ1v) is 20.9. The topological polar surface area (TPSA) is 108 Å². The summed E-state index contributed by atoms with van der Waals surface area (Å²) in [7, 11) is 0. The van der Waals surface area contributed by atoms with Crippen LogP contribution in [-0.4, -0.2) is 19.9 Å². The van der Waals surface area contributed by atoms with Gasteiger partial charge in [-0.15, -0.1) is 44.1 Å². The Labute approximate surface area is 453 Å². The van der Waals surface area contributed by atoms with Gasteiger partial charge in [0.25, 0.3) is 0 Å². The van der Waals surface area contributed by atoms with E-state index in [0.717, 1.165) is 108 Å². The van der Waals surface area contributed by atoms with Crippen molar-refractivity contribution >= 4 is 68.4 Å². The minimum absolute atomic E-state index is 0. The van der Waals surface area contributed by atoms with Crippen molar-refractivity contribution in [2.24, 2.45) is 0 Å². The molecule has 0 saturated carbocycles. The van der Waals surface area contributed by atoms with E-state index in [1.165, 1.54) is 22.3 Å². The van der Waals surface area contributed by atoms with Crippen LogP contribution in [0.2, 0.25) is 0 Å². The molecule has 1 aromatic carbocycles. The molecule has 68 heavy (non-hydrogen) atoms. The zero-order valence-corrected chi connectivity index (χ0v) is 53.3. The van der Waals surface area contributed by atoms with Crippen molar-refractivity contribution in [3.63, 3.8) is 0 Å². The summed E-state index contributed by atoms with van der Waals surface area (Å²) in [4.78, 5) is 38.7. The molecule has 0 N–H and O–H groups in total. The fraction of sp³-hybridized carbons (Fsp3) is 0.196. The molecule has 8 nitrogen and oxygen atoms in total. The molecule has 0 aliphatic carbocycles. The molecular formula is C56H55N8Zn4-. The van der Waals surface area contributed by atoms with Gasteiger partial charge in [-0.3, -0.25) is 9.97 Å². The number of rotatable bonds is 1. The summed E-state index contributed by atoms with van der Waals surface area (Å²) >= 11 is 0. The average Bonchev–Trinajstić information content (AvgIpc) is 4.04. The van der Waals surface area contributed by atoms with E-state index >= 15 is 0 Å². The molecule has 0 atom stereocenters. The van der Waals surface area contributed by atoms with Gasteiger partial charge in [0.1, 0.15) is 0 Å². The summed E-state index contributed by atoms with van der Waals surface area (Å²) < 4.78 is 0. The Morgan fingerprint density at radius 3 is 1.24 bits per heavy atom. The molecule has 0 fully saturated rings. The molecule has 16 bridgehead atoms. The number of hydrogen-bond donors (Lipinski definition) is 0. The van der Waals surface area contributed by atoms with E-state index in [2.05, 4.69) is 125 Å². The fourth-order valence-corrected chi connectivity index (χ4v) is 8.85. The predicted octanol–water partition coefficient (Wildman–Crippen LogP) is 12.5. The van der Waals surface area contributed by atoms with Gasteiger partial charge in [-0.2, -0.15) is 0 Å². The number of nitrogens with zero attached hydrogens (tertiary/aromatic N) is 8. The van der Waals surface area contributed by atoms with E-state index in [-0.39, 0.29) is 111 Å². The van der Waals surface area contributed by atoms with Gasteiger partial charge in [0.05, 0.1) is 22.8 Å². The van der Waals surface area contributed by atoms with E-state index in [9.17, 15) is 0 Å². The molecule has 10 heterocycles. The summed E-state index contributed by atoms with van der Waals surface area (Å²) in [5, 5.41) is 0. The van der Waals surface area contributed by atoms with Crippen molar-refractivity contribution in [1.82, 2.24) is 39.9 Å². The molecule has 4 aliphatic heterocycles. The van der Waals surface area contributed by atoms with E-state index in [0.29, 0.717) is 0 Å². The summed E-state index contributed by atoms with van der Waals surface area (Å²) in [5.74, 6) is 0. The quantitative estimate of drug-likeness (QED) is 0.118. The summed E-state index contributed by atoms with van der Waals surface area (Å²) in [6.07, 6.45) is 9.94. The molecule has 0 spiro atoms. The third kappa shape index (κ3) is 12.2. The van der Waals surface area contributed by atoms with Crippen LogP contribution in [-0.2, 0) is 102 Å². The van der Waals surface area contributed by atoms with Gasteiger partial charge >= 0.3 is 58.4 Å². The Balaban J connectivity index is 0.000000337. The van der Waals surface area contributed by atoms with Crippen molar-refractivity contribution in [3.05, 3.63) is 188 Å². The average molecular weight is 1100 g/mol. The molecule has 6 aromatic heterocycles. The maximum atomic E-state index is 5.06. The molecule has 0 amide bonds. The van der Waals surface area contributed by atoms with Crippen molar-refractivity contribution in [1.29, 1.82) is 0 Å². The minimum Gasteiger partial charge on any atom is -0.658 e. The molecule has 0 saturated heterocycles. The molecular weight excluding hydrogens is 1050 g/mol. The van der Waals surface area contributed by atoms with Gasteiger partial charge in [-0.1, -0.05) is 136 Å². The maximum Gasteiger partial charge on any atom is 2.00 e. The molecule has 328 valence electrons. The van der Waals surface area contributed by atoms with Crippen LogP contribution in [0, 0.1) is 43.1 Å². The zero-order valence-electron chi connectivity index (χ0n) is 41.4. The number of aromatic nitrogens is 8. The first-order valence-electron chi connectivity index (χ1n) is 20.9. The predicted molar refractivity (Wildman–Crippen MR) is 268 cm³/mol. The van der Waals surface area contributed by atoms with Crippen molar-refractivity contribution < 1.29 is 77.9 Å². The molecule has 0 radical (unpaired) electrons. The van der Waals surface area contributed by atoms with Crippen LogP contribution in [0.3, 0.4) is 0 Å². The summed E-state index contributed by atoms with van der Waals surface area (Å²) in [6, 6.07) is 35.3. The van der Waals surface area contributed by atoms with Crippen molar-refractivity contribution in [2.75, 3.05) is 0 Å². The van der Waals surface area contributed by atoms with E-state index in [1.54, 1.807) is 0 Å². The second-order valence-corrected chi connectivity index (χ2v) is 17.9.